The minimum absolute atomic E-state index is 0.186. The van der Waals surface area contributed by atoms with Crippen LogP contribution in [0.15, 0.2) is 42.7 Å². The summed E-state index contributed by atoms with van der Waals surface area (Å²) in [6, 6.07) is 10.4. The zero-order valence-corrected chi connectivity index (χ0v) is 31.2. The van der Waals surface area contributed by atoms with Crippen LogP contribution in [0.3, 0.4) is 0 Å². The molecule has 4 rings (SSSR count). The number of benzene rings is 2. The van der Waals surface area contributed by atoms with Crippen molar-refractivity contribution < 1.29 is 37.1 Å². The number of nitrogens with zero attached hydrogens (tertiary/aromatic N) is 3. The Morgan fingerprint density at radius 1 is 0.980 bits per heavy atom. The number of sulfonamides is 1. The summed E-state index contributed by atoms with van der Waals surface area (Å²) in [5.74, 6) is 0.856. The Kier molecular flexibility index (Phi) is 12.0. The molecule has 0 radical (unpaired) electrons. The highest BCUT2D eigenvalue weighted by Crippen LogP contribution is 2.39. The molecular formula is C36H49N5O8S. The van der Waals surface area contributed by atoms with Gasteiger partial charge >= 0.3 is 6.16 Å². The number of hydrogen-bond acceptors (Lipinski definition) is 11. The number of anilines is 2. The van der Waals surface area contributed by atoms with Crippen molar-refractivity contribution >= 4 is 33.5 Å². The van der Waals surface area contributed by atoms with Gasteiger partial charge in [0, 0.05) is 30.4 Å². The molecule has 1 amide bonds. The van der Waals surface area contributed by atoms with Crippen LogP contribution in [0, 0.1) is 12.8 Å². The fourth-order valence-electron chi connectivity index (χ4n) is 5.46. The van der Waals surface area contributed by atoms with E-state index >= 15 is 0 Å². The summed E-state index contributed by atoms with van der Waals surface area (Å²) in [6.45, 7) is 14.4. The first-order valence-electron chi connectivity index (χ1n) is 16.6. The van der Waals surface area contributed by atoms with E-state index in [4.69, 9.17) is 19.0 Å². The number of carbonyl (C=O) groups is 2. The lowest BCUT2D eigenvalue weighted by atomic mass is 9.86. The van der Waals surface area contributed by atoms with E-state index in [9.17, 15) is 18.0 Å². The van der Waals surface area contributed by atoms with Crippen LogP contribution in [0.4, 0.5) is 16.2 Å². The van der Waals surface area contributed by atoms with Crippen LogP contribution in [0.5, 0.6) is 17.4 Å². The molecule has 13 nitrogen and oxygen atoms in total. The molecule has 0 saturated carbocycles. The number of amides is 1. The highest BCUT2D eigenvalue weighted by molar-refractivity contribution is 7.92. The first-order valence-corrected chi connectivity index (χ1v) is 18.5. The van der Waals surface area contributed by atoms with Crippen LogP contribution >= 0.6 is 0 Å². The molecule has 2 N–H and O–H groups in total. The number of methoxy groups -OCH3 is 1. The van der Waals surface area contributed by atoms with Crippen molar-refractivity contribution in [2.24, 2.45) is 5.92 Å². The van der Waals surface area contributed by atoms with Gasteiger partial charge in [-0.3, -0.25) is 9.52 Å². The molecule has 14 heteroatoms. The minimum atomic E-state index is -3.63. The van der Waals surface area contributed by atoms with Crippen molar-refractivity contribution in [3.05, 3.63) is 65.1 Å². The number of hydroxylamine groups is 2. The molecule has 1 saturated heterocycles. The zero-order chi connectivity index (χ0) is 36.9. The van der Waals surface area contributed by atoms with Gasteiger partial charge < -0.3 is 24.4 Å². The molecular weight excluding hydrogens is 662 g/mol. The van der Waals surface area contributed by atoms with Crippen LogP contribution < -0.4 is 19.5 Å². The zero-order valence-electron chi connectivity index (χ0n) is 30.4. The molecule has 2 aromatic carbocycles. The van der Waals surface area contributed by atoms with Crippen molar-refractivity contribution in [3.63, 3.8) is 0 Å². The number of rotatable bonds is 10. The van der Waals surface area contributed by atoms with Gasteiger partial charge in [-0.15, -0.1) is 5.06 Å². The van der Waals surface area contributed by atoms with E-state index in [1.165, 1.54) is 13.4 Å². The lowest BCUT2D eigenvalue weighted by Gasteiger charge is -2.24. The molecule has 272 valence electrons. The summed E-state index contributed by atoms with van der Waals surface area (Å²) in [4.78, 5) is 39.9. The lowest BCUT2D eigenvalue weighted by Crippen LogP contribution is -2.32. The largest absolute Gasteiger partial charge is 0.528 e. The van der Waals surface area contributed by atoms with Gasteiger partial charge in [-0.2, -0.15) is 0 Å². The molecule has 1 aliphatic rings. The molecule has 3 aromatic rings. The smallest absolute Gasteiger partial charge is 0.492 e. The average Bonchev–Trinajstić information content (AvgIpc) is 3.20. The molecule has 1 aliphatic heterocycles. The Labute approximate surface area is 295 Å². The Hall–Kier alpha value is -4.43. The first kappa shape index (κ1) is 38.4. The van der Waals surface area contributed by atoms with Crippen LogP contribution in [0.1, 0.15) is 88.0 Å². The fourth-order valence-corrected chi connectivity index (χ4v) is 6.01. The van der Waals surface area contributed by atoms with Crippen molar-refractivity contribution in [2.75, 3.05) is 36.5 Å². The number of hydrogen-bond donors (Lipinski definition) is 2. The van der Waals surface area contributed by atoms with Gasteiger partial charge in [0.25, 0.3) is 5.91 Å². The second-order valence-electron chi connectivity index (χ2n) is 14.6. The highest BCUT2D eigenvalue weighted by Gasteiger charge is 2.25. The monoisotopic (exact) mass is 711 g/mol. The van der Waals surface area contributed by atoms with Gasteiger partial charge in [0.2, 0.25) is 15.9 Å². The van der Waals surface area contributed by atoms with Gasteiger partial charge in [-0.05, 0) is 100 Å². The topological polar surface area (TPSA) is 158 Å². The summed E-state index contributed by atoms with van der Waals surface area (Å²) < 4.78 is 43.7. The normalized spacial score (nSPS) is 15.8. The van der Waals surface area contributed by atoms with Crippen LogP contribution in [0.2, 0.25) is 0 Å². The Bertz CT molecular complexity index is 1800. The first-order chi connectivity index (χ1) is 23.3. The average molecular weight is 712 g/mol. The number of aryl methyl sites for hydroxylation is 1. The van der Waals surface area contributed by atoms with Crippen molar-refractivity contribution in [2.45, 2.75) is 85.2 Å². The van der Waals surface area contributed by atoms with E-state index in [1.54, 1.807) is 62.2 Å². The van der Waals surface area contributed by atoms with E-state index < -0.39 is 27.7 Å². The second kappa shape index (κ2) is 15.6. The van der Waals surface area contributed by atoms with E-state index in [0.29, 0.717) is 48.3 Å². The third kappa shape index (κ3) is 11.3. The quantitative estimate of drug-likeness (QED) is 0.208. The van der Waals surface area contributed by atoms with E-state index in [1.807, 2.05) is 27.7 Å². The Morgan fingerprint density at radius 3 is 2.36 bits per heavy atom. The number of aromatic nitrogens is 2. The van der Waals surface area contributed by atoms with Gasteiger partial charge in [0.15, 0.2) is 5.75 Å². The molecule has 0 aliphatic carbocycles. The summed E-state index contributed by atoms with van der Waals surface area (Å²) in [5.41, 5.74) is 2.29. The standard InChI is InChI=1S/C36H49N5O8S/c1-23-12-13-25(33(42)39-28-19-26(35(2,3)4)20-29(32(28)46-8)40-50(9,44)45)18-30(23)47-31-21-27(37-22-38-31)17-24-11-10-15-41(16-14-24)49-34(43)48-36(5,6)7/h12-13,18-22,24,40H,10-11,14-17H2,1-9H3,(H,39,42). The minimum Gasteiger partial charge on any atom is -0.492 e. The van der Waals surface area contributed by atoms with Gasteiger partial charge in [0.05, 0.1) is 24.7 Å². The molecule has 1 atom stereocenters. The second-order valence-corrected chi connectivity index (χ2v) is 16.3. The molecule has 1 aromatic heterocycles. The molecule has 2 heterocycles. The molecule has 0 spiro atoms. The Balaban J connectivity index is 1.47. The summed E-state index contributed by atoms with van der Waals surface area (Å²) in [7, 11) is -2.21. The highest BCUT2D eigenvalue weighted by atomic mass is 32.2. The fraction of sp³-hybridized carbons (Fsp3) is 0.500. The summed E-state index contributed by atoms with van der Waals surface area (Å²) in [6.07, 6.45) is 5.13. The van der Waals surface area contributed by atoms with Crippen molar-refractivity contribution in [1.82, 2.24) is 15.0 Å². The van der Waals surface area contributed by atoms with Crippen molar-refractivity contribution in [1.29, 1.82) is 0 Å². The maximum Gasteiger partial charge on any atom is 0.528 e. The summed E-state index contributed by atoms with van der Waals surface area (Å²) in [5, 5.41) is 4.56. The van der Waals surface area contributed by atoms with Crippen LogP contribution in [-0.2, 0) is 31.4 Å². The van der Waals surface area contributed by atoms with Gasteiger partial charge in [-0.25, -0.2) is 23.2 Å². The summed E-state index contributed by atoms with van der Waals surface area (Å²) >= 11 is 0. The predicted molar refractivity (Wildman–Crippen MR) is 191 cm³/mol. The number of nitrogens with one attached hydrogen (secondary N) is 2. The molecule has 1 fully saturated rings. The predicted octanol–water partition coefficient (Wildman–Crippen LogP) is 7.02. The lowest BCUT2D eigenvalue weighted by molar-refractivity contribution is -0.141. The third-order valence-electron chi connectivity index (χ3n) is 7.96. The molecule has 0 bridgehead atoms. The number of ether oxygens (including phenoxy) is 3. The maximum atomic E-state index is 13.6. The molecule has 1 unspecified atom stereocenters. The SMILES string of the molecule is COc1c(NC(=O)c2ccc(C)c(Oc3cc(CC4CCCN(OC(=O)OC(C)(C)C)CC4)ncn3)c2)cc(C(C)(C)C)cc1NS(C)(=O)=O. The van der Waals surface area contributed by atoms with E-state index in [0.717, 1.165) is 42.3 Å². The Morgan fingerprint density at radius 2 is 1.70 bits per heavy atom. The third-order valence-corrected chi connectivity index (χ3v) is 8.55. The molecule has 50 heavy (non-hydrogen) atoms. The van der Waals surface area contributed by atoms with Gasteiger partial charge in [-0.1, -0.05) is 26.8 Å². The van der Waals surface area contributed by atoms with E-state index in [2.05, 4.69) is 20.0 Å². The maximum absolute atomic E-state index is 13.6. The van der Waals surface area contributed by atoms with Gasteiger partial charge in [0.1, 0.15) is 17.7 Å². The van der Waals surface area contributed by atoms with Crippen molar-refractivity contribution in [3.8, 4) is 17.4 Å². The van der Waals surface area contributed by atoms with E-state index in [-0.39, 0.29) is 16.9 Å². The number of carbonyl (C=O) groups excluding carboxylic acids is 2. The van der Waals surface area contributed by atoms with Crippen LogP contribution in [-0.4, -0.2) is 67.6 Å². The van der Waals surface area contributed by atoms with Crippen LogP contribution in [0.25, 0.3) is 0 Å².